The van der Waals surface area contributed by atoms with Crippen molar-refractivity contribution >= 4 is 17.4 Å². The van der Waals surface area contributed by atoms with Crippen molar-refractivity contribution in [3.8, 4) is 11.5 Å². The zero-order chi connectivity index (χ0) is 21.4. The number of nitrogens with zero attached hydrogens (tertiary/aromatic N) is 2. The minimum Gasteiger partial charge on any atom is -0.493 e. The lowest BCUT2D eigenvalue weighted by Crippen LogP contribution is -2.37. The van der Waals surface area contributed by atoms with Crippen LogP contribution < -0.4 is 9.47 Å². The molecule has 0 aliphatic carbocycles. The van der Waals surface area contributed by atoms with Crippen molar-refractivity contribution in [2.45, 2.75) is 0 Å². The van der Waals surface area contributed by atoms with Crippen molar-refractivity contribution in [1.82, 2.24) is 9.80 Å². The molecule has 0 atom stereocenters. The summed E-state index contributed by atoms with van der Waals surface area (Å²) in [5, 5.41) is 0. The van der Waals surface area contributed by atoms with Gasteiger partial charge in [-0.2, -0.15) is 0 Å². The van der Waals surface area contributed by atoms with Gasteiger partial charge in [0, 0.05) is 33.9 Å². The minimum atomic E-state index is -0.378. The molecule has 2 amide bonds. The summed E-state index contributed by atoms with van der Waals surface area (Å²) in [4.78, 5) is 29.3. The Morgan fingerprint density at radius 2 is 1.59 bits per heavy atom. The second-order valence-electron chi connectivity index (χ2n) is 6.28. The average Bonchev–Trinajstić information content (AvgIpc) is 2.98. The maximum absolute atomic E-state index is 13.2. The lowest BCUT2D eigenvalue weighted by atomic mass is 10.0. The van der Waals surface area contributed by atoms with E-state index in [9.17, 15) is 9.59 Å². The number of hydrogen-bond donors (Lipinski definition) is 0. The zero-order valence-corrected chi connectivity index (χ0v) is 17.4. The fraction of sp³-hybridized carbons (Fsp3) is 0.429. The average molecular weight is 404 g/mol. The maximum atomic E-state index is 13.2. The standard InChI is InChI=1S/C21H28N2O6/c1-6-9-23-20(24)18(15-7-8-16(28-4)17(14-15)29-5)19(21(23)25)22(10-12-26-2)11-13-27-3/h6-8,14H,1,9-13H2,2-5H3. The number of carbonyl (C=O) groups is 2. The SMILES string of the molecule is C=CCN1C(=O)C(c2ccc(OC)c(OC)c2)=C(N(CCOC)CCOC)C1=O. The molecule has 8 heteroatoms. The minimum absolute atomic E-state index is 0.125. The number of benzene rings is 1. The number of amides is 2. The molecule has 1 aromatic carbocycles. The van der Waals surface area contributed by atoms with Gasteiger partial charge in [0.15, 0.2) is 11.5 Å². The fourth-order valence-corrected chi connectivity index (χ4v) is 3.14. The molecular formula is C21H28N2O6. The van der Waals surface area contributed by atoms with Crippen LogP contribution in [0, 0.1) is 0 Å². The van der Waals surface area contributed by atoms with Gasteiger partial charge < -0.3 is 23.8 Å². The Morgan fingerprint density at radius 3 is 2.10 bits per heavy atom. The second-order valence-corrected chi connectivity index (χ2v) is 6.28. The van der Waals surface area contributed by atoms with Crippen molar-refractivity contribution < 1.29 is 28.5 Å². The highest BCUT2D eigenvalue weighted by molar-refractivity contribution is 6.35. The Kier molecular flexibility index (Phi) is 8.23. The van der Waals surface area contributed by atoms with E-state index in [2.05, 4.69) is 6.58 Å². The van der Waals surface area contributed by atoms with Gasteiger partial charge >= 0.3 is 0 Å². The summed E-state index contributed by atoms with van der Waals surface area (Å²) < 4.78 is 21.0. The normalized spacial score (nSPS) is 13.9. The topological polar surface area (TPSA) is 77.5 Å². The summed E-state index contributed by atoms with van der Waals surface area (Å²) in [6, 6.07) is 5.15. The van der Waals surface area contributed by atoms with E-state index >= 15 is 0 Å². The summed E-state index contributed by atoms with van der Waals surface area (Å²) in [7, 11) is 6.23. The number of imide groups is 1. The summed E-state index contributed by atoms with van der Waals surface area (Å²) >= 11 is 0. The monoisotopic (exact) mass is 404 g/mol. The van der Waals surface area contributed by atoms with Gasteiger partial charge in [0.25, 0.3) is 11.8 Å². The van der Waals surface area contributed by atoms with Crippen molar-refractivity contribution in [2.75, 3.05) is 61.3 Å². The Bertz CT molecular complexity index is 781. The van der Waals surface area contributed by atoms with Gasteiger partial charge in [-0.15, -0.1) is 6.58 Å². The van der Waals surface area contributed by atoms with Crippen LogP contribution in [0.25, 0.3) is 5.57 Å². The quantitative estimate of drug-likeness (QED) is 0.386. The van der Waals surface area contributed by atoms with Crippen LogP contribution in [0.5, 0.6) is 11.5 Å². The van der Waals surface area contributed by atoms with Gasteiger partial charge in [-0.3, -0.25) is 14.5 Å². The first kappa shape index (κ1) is 22.4. The van der Waals surface area contributed by atoms with E-state index in [1.807, 2.05) is 4.90 Å². The smallest absolute Gasteiger partial charge is 0.278 e. The molecule has 0 spiro atoms. The van der Waals surface area contributed by atoms with Gasteiger partial charge in [-0.1, -0.05) is 12.1 Å². The highest BCUT2D eigenvalue weighted by Crippen LogP contribution is 2.36. The van der Waals surface area contributed by atoms with Gasteiger partial charge in [-0.25, -0.2) is 0 Å². The third-order valence-corrected chi connectivity index (χ3v) is 4.57. The first-order valence-corrected chi connectivity index (χ1v) is 9.20. The third-order valence-electron chi connectivity index (χ3n) is 4.57. The van der Waals surface area contributed by atoms with Gasteiger partial charge in [0.1, 0.15) is 5.70 Å². The number of hydrogen-bond acceptors (Lipinski definition) is 7. The largest absolute Gasteiger partial charge is 0.493 e. The first-order chi connectivity index (χ1) is 14.0. The van der Waals surface area contributed by atoms with Crippen LogP contribution in [0.1, 0.15) is 5.56 Å². The Labute approximate surface area is 171 Å². The Balaban J connectivity index is 2.61. The fourth-order valence-electron chi connectivity index (χ4n) is 3.14. The van der Waals surface area contributed by atoms with Crippen molar-refractivity contribution in [3.05, 3.63) is 42.1 Å². The van der Waals surface area contributed by atoms with Crippen molar-refractivity contribution in [2.24, 2.45) is 0 Å². The molecule has 0 fully saturated rings. The maximum Gasteiger partial charge on any atom is 0.278 e. The Hall–Kier alpha value is -2.84. The lowest BCUT2D eigenvalue weighted by Gasteiger charge is -2.25. The van der Waals surface area contributed by atoms with Crippen molar-refractivity contribution in [3.63, 3.8) is 0 Å². The van der Waals surface area contributed by atoms with Crippen LogP contribution in [0.15, 0.2) is 36.6 Å². The molecule has 0 bridgehead atoms. The molecule has 8 nitrogen and oxygen atoms in total. The molecule has 0 saturated carbocycles. The summed E-state index contributed by atoms with van der Waals surface area (Å²) in [5.74, 6) is 0.261. The van der Waals surface area contributed by atoms with Crippen LogP contribution in [0.2, 0.25) is 0 Å². The van der Waals surface area contributed by atoms with Crippen LogP contribution in [0.3, 0.4) is 0 Å². The number of ether oxygens (including phenoxy) is 4. The highest BCUT2D eigenvalue weighted by Gasteiger charge is 2.41. The number of methoxy groups -OCH3 is 4. The molecule has 0 aromatic heterocycles. The molecule has 1 aliphatic heterocycles. The van der Waals surface area contributed by atoms with Crippen LogP contribution in [-0.4, -0.2) is 82.9 Å². The molecule has 0 unspecified atom stereocenters. The lowest BCUT2D eigenvalue weighted by molar-refractivity contribution is -0.137. The van der Waals surface area contributed by atoms with Crippen molar-refractivity contribution in [1.29, 1.82) is 0 Å². The second kappa shape index (κ2) is 10.6. The molecule has 1 aliphatic rings. The molecule has 158 valence electrons. The first-order valence-electron chi connectivity index (χ1n) is 9.20. The summed E-state index contributed by atoms with van der Waals surface area (Å²) in [6.45, 7) is 5.45. The molecule has 1 aromatic rings. The molecule has 0 saturated heterocycles. The van der Waals surface area contributed by atoms with E-state index in [0.717, 1.165) is 0 Å². The van der Waals surface area contributed by atoms with E-state index in [0.29, 0.717) is 54.6 Å². The van der Waals surface area contributed by atoms with Gasteiger partial charge in [0.05, 0.1) is 33.0 Å². The number of carbonyl (C=O) groups excluding carboxylic acids is 2. The summed E-state index contributed by atoms with van der Waals surface area (Å²) in [5.41, 5.74) is 1.20. The zero-order valence-electron chi connectivity index (χ0n) is 17.4. The van der Waals surface area contributed by atoms with E-state index < -0.39 is 0 Å². The molecule has 0 radical (unpaired) electrons. The predicted octanol–water partition coefficient (Wildman–Crippen LogP) is 1.56. The molecular weight excluding hydrogens is 376 g/mol. The van der Waals surface area contributed by atoms with E-state index in [4.69, 9.17) is 18.9 Å². The van der Waals surface area contributed by atoms with Gasteiger partial charge in [0.2, 0.25) is 0 Å². The third kappa shape index (κ3) is 4.78. The van der Waals surface area contributed by atoms with E-state index in [-0.39, 0.29) is 18.4 Å². The highest BCUT2D eigenvalue weighted by atomic mass is 16.5. The molecule has 2 rings (SSSR count). The van der Waals surface area contributed by atoms with Crippen LogP contribution >= 0.6 is 0 Å². The van der Waals surface area contributed by atoms with Crippen LogP contribution in [-0.2, 0) is 19.1 Å². The summed E-state index contributed by atoms with van der Waals surface area (Å²) in [6.07, 6.45) is 1.53. The molecule has 0 N–H and O–H groups in total. The molecule has 1 heterocycles. The van der Waals surface area contributed by atoms with E-state index in [1.165, 1.54) is 25.2 Å². The Morgan fingerprint density at radius 1 is 0.966 bits per heavy atom. The number of rotatable bonds is 12. The van der Waals surface area contributed by atoms with E-state index in [1.54, 1.807) is 32.4 Å². The molecule has 29 heavy (non-hydrogen) atoms. The predicted molar refractivity (Wildman–Crippen MR) is 109 cm³/mol. The van der Waals surface area contributed by atoms with Crippen LogP contribution in [0.4, 0.5) is 0 Å². The van der Waals surface area contributed by atoms with Gasteiger partial charge in [-0.05, 0) is 17.7 Å².